The van der Waals surface area contributed by atoms with Crippen LogP contribution in [-0.2, 0) is 4.79 Å². The number of aromatic nitrogens is 2. The highest BCUT2D eigenvalue weighted by Gasteiger charge is 2.27. The van der Waals surface area contributed by atoms with Gasteiger partial charge in [-0.1, -0.05) is 0 Å². The van der Waals surface area contributed by atoms with Gasteiger partial charge < -0.3 is 20.4 Å². The third kappa shape index (κ3) is 5.16. The summed E-state index contributed by atoms with van der Waals surface area (Å²) in [5.41, 5.74) is 4.15. The fourth-order valence-corrected chi connectivity index (χ4v) is 4.97. The molecule has 0 spiro atoms. The van der Waals surface area contributed by atoms with E-state index in [0.29, 0.717) is 29.4 Å². The lowest BCUT2D eigenvalue weighted by atomic mass is 9.91. The molecule has 0 radical (unpaired) electrons. The molecule has 2 amide bonds. The van der Waals surface area contributed by atoms with E-state index in [0.717, 1.165) is 60.9 Å². The van der Waals surface area contributed by atoms with Crippen LogP contribution in [0, 0.1) is 18.7 Å². The average molecular weight is 479 g/mol. The number of aromatic amines is 1. The van der Waals surface area contributed by atoms with Gasteiger partial charge in [-0.15, -0.1) is 0 Å². The number of pyridine rings is 1. The molecule has 0 atom stereocenters. The maximum Gasteiger partial charge on any atom is 0.255 e. The first kappa shape index (κ1) is 23.3. The normalized spacial score (nSPS) is 20.0. The Morgan fingerprint density at radius 1 is 1.06 bits per heavy atom. The van der Waals surface area contributed by atoms with Crippen molar-refractivity contribution in [1.29, 1.82) is 0 Å². The number of hydrogen-bond acceptors (Lipinski definition) is 4. The monoisotopic (exact) mass is 478 g/mol. The summed E-state index contributed by atoms with van der Waals surface area (Å²) in [4.78, 5) is 32.5. The minimum Gasteiger partial charge on any atom is -0.493 e. The Balaban J connectivity index is 1.39. The number of nitrogens with zero attached hydrogens (tertiary/aromatic N) is 1. The van der Waals surface area contributed by atoms with Crippen molar-refractivity contribution in [3.8, 4) is 16.9 Å². The lowest BCUT2D eigenvalue weighted by molar-refractivity contribution is -0.119. The number of halogens is 1. The molecule has 0 saturated heterocycles. The zero-order chi connectivity index (χ0) is 24.5. The molecule has 0 unspecified atom stereocenters. The minimum absolute atomic E-state index is 0.0176. The Hall–Kier alpha value is -3.42. The number of carbonyl (C=O) groups is 2. The van der Waals surface area contributed by atoms with E-state index in [1.807, 2.05) is 13.0 Å². The molecule has 7 nitrogen and oxygen atoms in total. The fourth-order valence-electron chi connectivity index (χ4n) is 4.97. The van der Waals surface area contributed by atoms with Crippen molar-refractivity contribution in [3.63, 3.8) is 0 Å². The first-order valence-electron chi connectivity index (χ1n) is 12.4. The largest absolute Gasteiger partial charge is 0.493 e. The van der Waals surface area contributed by atoms with Crippen LogP contribution in [0.1, 0.15) is 61.5 Å². The maximum absolute atomic E-state index is 14.0. The van der Waals surface area contributed by atoms with E-state index in [1.54, 1.807) is 12.3 Å². The number of rotatable bonds is 7. The van der Waals surface area contributed by atoms with Gasteiger partial charge in [-0.3, -0.25) is 14.6 Å². The third-order valence-electron chi connectivity index (χ3n) is 6.98. The number of aryl methyl sites for hydroxylation is 1. The molecule has 2 saturated carbocycles. The van der Waals surface area contributed by atoms with Gasteiger partial charge in [0.25, 0.3) is 5.91 Å². The molecule has 3 aromatic rings. The van der Waals surface area contributed by atoms with Gasteiger partial charge >= 0.3 is 0 Å². The zero-order valence-corrected chi connectivity index (χ0v) is 20.1. The van der Waals surface area contributed by atoms with Gasteiger partial charge in [-0.2, -0.15) is 0 Å². The highest BCUT2D eigenvalue weighted by Crippen LogP contribution is 2.38. The van der Waals surface area contributed by atoms with Crippen LogP contribution in [0.4, 0.5) is 4.39 Å². The Morgan fingerprint density at radius 2 is 1.77 bits per heavy atom. The van der Waals surface area contributed by atoms with E-state index in [1.165, 1.54) is 19.1 Å². The molecule has 2 aromatic heterocycles. The average Bonchev–Trinajstić information content (AvgIpc) is 3.58. The summed E-state index contributed by atoms with van der Waals surface area (Å²) >= 11 is 0. The third-order valence-corrected chi connectivity index (χ3v) is 6.98. The van der Waals surface area contributed by atoms with Crippen LogP contribution in [0.15, 0.2) is 30.5 Å². The van der Waals surface area contributed by atoms with Crippen molar-refractivity contribution in [2.24, 2.45) is 5.92 Å². The molecule has 5 rings (SSSR count). The standard InChI is InChI=1S/C27H31FN4O3/c1-15-24(27(34)32-20-8-6-19(7-9-20)31-16(2)33)26-25(30-15)22(11-12-29-26)21-10-5-18(28)13-23(21)35-14-17-3-4-17/h5,10-13,17,19-20,30H,3-4,6-9,14H2,1-2H3,(H,31,33)(H,32,34). The Morgan fingerprint density at radius 3 is 2.46 bits per heavy atom. The van der Waals surface area contributed by atoms with Crippen LogP contribution in [-0.4, -0.2) is 40.5 Å². The van der Waals surface area contributed by atoms with Gasteiger partial charge in [0.2, 0.25) is 5.91 Å². The molecule has 0 bridgehead atoms. The lowest BCUT2D eigenvalue weighted by Crippen LogP contribution is -2.43. The summed E-state index contributed by atoms with van der Waals surface area (Å²) in [7, 11) is 0. The molecule has 2 aliphatic rings. The number of hydrogen-bond donors (Lipinski definition) is 3. The van der Waals surface area contributed by atoms with Crippen molar-refractivity contribution < 1.29 is 18.7 Å². The van der Waals surface area contributed by atoms with Crippen LogP contribution in [0.25, 0.3) is 22.2 Å². The van der Waals surface area contributed by atoms with Crippen molar-refractivity contribution in [1.82, 2.24) is 20.6 Å². The number of amides is 2. The summed E-state index contributed by atoms with van der Waals surface area (Å²) in [6.07, 6.45) is 7.28. The van der Waals surface area contributed by atoms with Crippen LogP contribution in [0.3, 0.4) is 0 Å². The highest BCUT2D eigenvalue weighted by molar-refractivity contribution is 6.09. The predicted octanol–water partition coefficient (Wildman–Crippen LogP) is 4.64. The van der Waals surface area contributed by atoms with Gasteiger partial charge in [0.15, 0.2) is 0 Å². The maximum atomic E-state index is 14.0. The van der Waals surface area contributed by atoms with Crippen molar-refractivity contribution in [2.45, 2.75) is 64.5 Å². The van der Waals surface area contributed by atoms with E-state index < -0.39 is 0 Å². The summed E-state index contributed by atoms with van der Waals surface area (Å²) in [6.45, 7) is 3.97. The predicted molar refractivity (Wildman–Crippen MR) is 132 cm³/mol. The lowest BCUT2D eigenvalue weighted by Gasteiger charge is -2.29. The second kappa shape index (κ2) is 9.68. The first-order chi connectivity index (χ1) is 16.9. The molecule has 8 heteroatoms. The topological polar surface area (TPSA) is 96.1 Å². The van der Waals surface area contributed by atoms with Crippen molar-refractivity contribution in [3.05, 3.63) is 47.5 Å². The van der Waals surface area contributed by atoms with E-state index in [2.05, 4.69) is 20.6 Å². The van der Waals surface area contributed by atoms with Crippen molar-refractivity contribution in [2.75, 3.05) is 6.61 Å². The van der Waals surface area contributed by atoms with E-state index >= 15 is 0 Å². The molecule has 184 valence electrons. The molecule has 1 aromatic carbocycles. The number of ether oxygens (including phenoxy) is 1. The first-order valence-corrected chi connectivity index (χ1v) is 12.4. The van der Waals surface area contributed by atoms with Gasteiger partial charge in [0.05, 0.1) is 17.7 Å². The summed E-state index contributed by atoms with van der Waals surface area (Å²) in [5.74, 6) is 0.515. The van der Waals surface area contributed by atoms with Crippen LogP contribution >= 0.6 is 0 Å². The minimum atomic E-state index is -0.346. The summed E-state index contributed by atoms with van der Waals surface area (Å²) in [6, 6.07) is 6.65. The number of fused-ring (bicyclic) bond motifs is 1. The van der Waals surface area contributed by atoms with Gasteiger partial charge in [0.1, 0.15) is 17.1 Å². The fraction of sp³-hybridized carbons (Fsp3) is 0.444. The van der Waals surface area contributed by atoms with Gasteiger partial charge in [-0.25, -0.2) is 4.39 Å². The highest BCUT2D eigenvalue weighted by atomic mass is 19.1. The van der Waals surface area contributed by atoms with Crippen molar-refractivity contribution >= 4 is 22.8 Å². The van der Waals surface area contributed by atoms with Crippen LogP contribution < -0.4 is 15.4 Å². The molecule has 3 N–H and O–H groups in total. The van der Waals surface area contributed by atoms with E-state index in [4.69, 9.17) is 4.74 Å². The van der Waals surface area contributed by atoms with Crippen LogP contribution in [0.2, 0.25) is 0 Å². The number of H-pyrrole nitrogens is 1. The molecule has 2 fully saturated rings. The summed E-state index contributed by atoms with van der Waals surface area (Å²) in [5, 5.41) is 6.12. The number of nitrogens with one attached hydrogen (secondary N) is 3. The molecule has 0 aliphatic heterocycles. The van der Waals surface area contributed by atoms with Gasteiger partial charge in [-0.05, 0) is 69.6 Å². The molecule has 2 aliphatic carbocycles. The van der Waals surface area contributed by atoms with E-state index in [9.17, 15) is 14.0 Å². The second-order valence-corrected chi connectivity index (χ2v) is 9.82. The molecule has 2 heterocycles. The quantitative estimate of drug-likeness (QED) is 0.461. The second-order valence-electron chi connectivity index (χ2n) is 9.82. The van der Waals surface area contributed by atoms with Crippen LogP contribution in [0.5, 0.6) is 5.75 Å². The number of benzene rings is 1. The Labute approximate surface area is 203 Å². The van der Waals surface area contributed by atoms with Gasteiger partial charge in [0, 0.05) is 48.1 Å². The smallest absolute Gasteiger partial charge is 0.255 e. The Bertz CT molecular complexity index is 1260. The van der Waals surface area contributed by atoms with E-state index in [-0.39, 0.29) is 29.7 Å². The SMILES string of the molecule is CC(=O)NC1CCC(NC(=O)c2c(C)[nH]c3c(-c4ccc(F)cc4OCC4CC4)ccnc23)CC1. The molecule has 35 heavy (non-hydrogen) atoms. The molecular formula is C27H31FN4O3. The summed E-state index contributed by atoms with van der Waals surface area (Å²) < 4.78 is 20.0. The molecular weight excluding hydrogens is 447 g/mol. The zero-order valence-electron chi connectivity index (χ0n) is 20.1. The Kier molecular flexibility index (Phi) is 6.45. The number of carbonyl (C=O) groups excluding carboxylic acids is 2.